The summed E-state index contributed by atoms with van der Waals surface area (Å²) < 4.78 is 3.82. The molecule has 4 aliphatic rings. The minimum absolute atomic E-state index is 0.140. The van der Waals surface area contributed by atoms with Crippen LogP contribution in [-0.2, 0) is 0 Å². The van der Waals surface area contributed by atoms with Crippen molar-refractivity contribution in [2.24, 2.45) is 23.2 Å². The summed E-state index contributed by atoms with van der Waals surface area (Å²) in [6, 6.07) is 0. The molecule has 0 saturated heterocycles. The van der Waals surface area contributed by atoms with E-state index in [2.05, 4.69) is 9.59 Å². The average Bonchev–Trinajstić information content (AvgIpc) is 2.72. The van der Waals surface area contributed by atoms with Gasteiger partial charge >= 0.3 is 0 Å². The van der Waals surface area contributed by atoms with Gasteiger partial charge in [-0.1, -0.05) is 4.49 Å². The topological polar surface area (TPSA) is 68.9 Å². The molecule has 0 radical (unpaired) electrons. The van der Waals surface area contributed by atoms with Crippen molar-refractivity contribution in [3.63, 3.8) is 0 Å². The zero-order valence-corrected chi connectivity index (χ0v) is 11.1. The summed E-state index contributed by atoms with van der Waals surface area (Å²) in [5, 5.41) is 4.46. The van der Waals surface area contributed by atoms with Crippen molar-refractivity contribution in [1.82, 2.24) is 9.59 Å². The molecule has 4 bridgehead atoms. The molecule has 2 N–H and O–H groups in total. The molecule has 96 valence electrons. The van der Waals surface area contributed by atoms with Gasteiger partial charge in [-0.3, -0.25) is 4.79 Å². The smallest absolute Gasteiger partial charge is 0.192 e. The molecule has 18 heavy (non-hydrogen) atoms. The van der Waals surface area contributed by atoms with E-state index in [9.17, 15) is 4.79 Å². The predicted molar refractivity (Wildman–Crippen MR) is 69.3 cm³/mol. The Labute approximate surface area is 110 Å². The van der Waals surface area contributed by atoms with Gasteiger partial charge in [0.1, 0.15) is 5.00 Å². The number of rotatable bonds is 2. The number of nitrogen functional groups attached to an aromatic ring is 1. The molecule has 5 heteroatoms. The standard InChI is InChI=1S/C13H17N3OS/c14-12-10(15-16-18-12)11(17)13-4-7-1-8(5-13)3-9(2-7)6-13/h7-9H,1-6,14H2. The number of carbonyl (C=O) groups excluding carboxylic acids is 1. The Hall–Kier alpha value is -0.970. The van der Waals surface area contributed by atoms with Gasteiger partial charge in [0.25, 0.3) is 0 Å². The Bertz CT molecular complexity index is 475. The first-order chi connectivity index (χ1) is 8.66. The van der Waals surface area contributed by atoms with Gasteiger partial charge < -0.3 is 5.73 Å². The van der Waals surface area contributed by atoms with Gasteiger partial charge in [0, 0.05) is 16.9 Å². The van der Waals surface area contributed by atoms with Crippen LogP contribution in [0.5, 0.6) is 0 Å². The van der Waals surface area contributed by atoms with Gasteiger partial charge in [-0.2, -0.15) is 0 Å². The van der Waals surface area contributed by atoms with Crippen LogP contribution in [-0.4, -0.2) is 15.4 Å². The Kier molecular flexibility index (Phi) is 2.14. The molecule has 4 aliphatic carbocycles. The number of anilines is 1. The Morgan fingerprint density at radius 1 is 1.17 bits per heavy atom. The number of Topliss-reactive ketones (excluding diaryl/α,β-unsaturated/α-hetero) is 1. The lowest BCUT2D eigenvalue weighted by molar-refractivity contribution is -0.0355. The lowest BCUT2D eigenvalue weighted by atomic mass is 9.48. The third-order valence-electron chi connectivity index (χ3n) is 5.25. The van der Waals surface area contributed by atoms with E-state index in [0.29, 0.717) is 10.7 Å². The first kappa shape index (κ1) is 10.9. The van der Waals surface area contributed by atoms with Crippen LogP contribution >= 0.6 is 11.5 Å². The van der Waals surface area contributed by atoms with E-state index in [0.717, 1.165) is 48.5 Å². The molecule has 0 unspecified atom stereocenters. The fourth-order valence-electron chi connectivity index (χ4n) is 4.99. The lowest BCUT2D eigenvalue weighted by Gasteiger charge is -2.55. The van der Waals surface area contributed by atoms with Crippen LogP contribution in [0.4, 0.5) is 5.00 Å². The van der Waals surface area contributed by atoms with Crippen LogP contribution in [0.15, 0.2) is 0 Å². The second-order valence-corrected chi connectivity index (χ2v) is 7.30. The van der Waals surface area contributed by atoms with Gasteiger partial charge in [-0.15, -0.1) is 5.10 Å². The summed E-state index contributed by atoms with van der Waals surface area (Å²) in [4.78, 5) is 12.8. The maximum Gasteiger partial charge on any atom is 0.192 e. The lowest BCUT2D eigenvalue weighted by Crippen LogP contribution is -2.50. The van der Waals surface area contributed by atoms with Crippen LogP contribution in [0, 0.1) is 23.2 Å². The van der Waals surface area contributed by atoms with Crippen molar-refractivity contribution in [3.8, 4) is 0 Å². The van der Waals surface area contributed by atoms with E-state index in [1.165, 1.54) is 19.3 Å². The minimum atomic E-state index is -0.140. The van der Waals surface area contributed by atoms with Gasteiger partial charge in [0.2, 0.25) is 0 Å². The predicted octanol–water partition coefficient (Wildman–Crippen LogP) is 2.52. The van der Waals surface area contributed by atoms with Crippen LogP contribution in [0.1, 0.15) is 49.0 Å². The number of hydrogen-bond acceptors (Lipinski definition) is 5. The second kappa shape index (κ2) is 3.53. The van der Waals surface area contributed by atoms with E-state index in [1.807, 2.05) is 0 Å². The number of aromatic nitrogens is 2. The van der Waals surface area contributed by atoms with Crippen molar-refractivity contribution in [1.29, 1.82) is 0 Å². The highest BCUT2D eigenvalue weighted by atomic mass is 32.1. The fourth-order valence-corrected chi connectivity index (χ4v) is 5.43. The summed E-state index contributed by atoms with van der Waals surface area (Å²) in [5.41, 5.74) is 6.14. The van der Waals surface area contributed by atoms with E-state index < -0.39 is 0 Å². The van der Waals surface area contributed by atoms with E-state index in [-0.39, 0.29) is 11.2 Å². The highest BCUT2D eigenvalue weighted by Crippen LogP contribution is 2.61. The third-order valence-corrected chi connectivity index (χ3v) is 5.80. The number of nitrogens with two attached hydrogens (primary N) is 1. The van der Waals surface area contributed by atoms with Crippen LogP contribution in [0.2, 0.25) is 0 Å². The molecule has 0 spiro atoms. The average molecular weight is 263 g/mol. The van der Waals surface area contributed by atoms with Gasteiger partial charge in [-0.25, -0.2) is 0 Å². The number of nitrogens with zero attached hydrogens (tertiary/aromatic N) is 2. The van der Waals surface area contributed by atoms with E-state index in [1.54, 1.807) is 0 Å². The quantitative estimate of drug-likeness (QED) is 0.832. The van der Waals surface area contributed by atoms with Gasteiger partial charge in [-0.05, 0) is 56.3 Å². The highest BCUT2D eigenvalue weighted by Gasteiger charge is 2.55. The first-order valence-corrected chi connectivity index (χ1v) is 7.56. The zero-order valence-electron chi connectivity index (χ0n) is 10.3. The normalized spacial score (nSPS) is 41.2. The number of ketones is 1. The summed E-state index contributed by atoms with van der Waals surface area (Å²) in [5.74, 6) is 2.50. The third kappa shape index (κ3) is 1.40. The van der Waals surface area contributed by atoms with E-state index >= 15 is 0 Å². The van der Waals surface area contributed by atoms with Gasteiger partial charge in [0.15, 0.2) is 11.5 Å². The van der Waals surface area contributed by atoms with Crippen LogP contribution in [0.25, 0.3) is 0 Å². The summed E-state index contributed by atoms with van der Waals surface area (Å²) >= 11 is 1.13. The molecule has 0 aromatic carbocycles. The van der Waals surface area contributed by atoms with Crippen molar-refractivity contribution in [3.05, 3.63) is 5.69 Å². The van der Waals surface area contributed by atoms with Gasteiger partial charge in [0.05, 0.1) is 0 Å². The molecule has 4 nitrogen and oxygen atoms in total. The molecule has 1 aromatic heterocycles. The maximum absolute atomic E-state index is 12.8. The molecule has 4 fully saturated rings. The summed E-state index contributed by atoms with van der Waals surface area (Å²) in [6.45, 7) is 0. The molecule has 1 aromatic rings. The molecule has 0 atom stereocenters. The summed E-state index contributed by atoms with van der Waals surface area (Å²) in [7, 11) is 0. The first-order valence-electron chi connectivity index (χ1n) is 6.79. The van der Waals surface area contributed by atoms with Crippen molar-refractivity contribution >= 4 is 22.3 Å². The number of hydrogen-bond donors (Lipinski definition) is 1. The second-order valence-electron chi connectivity index (χ2n) is 6.51. The molecule has 4 saturated carbocycles. The minimum Gasteiger partial charge on any atom is -0.387 e. The van der Waals surface area contributed by atoms with Crippen LogP contribution in [0.3, 0.4) is 0 Å². The SMILES string of the molecule is Nc1snnc1C(=O)C12CC3CC(CC(C3)C1)C2. The highest BCUT2D eigenvalue weighted by molar-refractivity contribution is 7.10. The van der Waals surface area contributed by atoms with E-state index in [4.69, 9.17) is 5.73 Å². The Balaban J connectivity index is 1.72. The molecule has 1 heterocycles. The van der Waals surface area contributed by atoms with Crippen molar-refractivity contribution < 1.29 is 4.79 Å². The molecule has 0 aliphatic heterocycles. The Morgan fingerprint density at radius 2 is 1.72 bits per heavy atom. The molecular formula is C13H17N3OS. The molecule has 0 amide bonds. The summed E-state index contributed by atoms with van der Waals surface area (Å²) in [6.07, 6.45) is 7.23. The maximum atomic E-state index is 12.8. The monoisotopic (exact) mass is 263 g/mol. The largest absolute Gasteiger partial charge is 0.387 e. The zero-order chi connectivity index (χ0) is 12.3. The fraction of sp³-hybridized carbons (Fsp3) is 0.769. The Morgan fingerprint density at radius 3 is 2.17 bits per heavy atom. The number of carbonyl (C=O) groups is 1. The molecular weight excluding hydrogens is 246 g/mol. The van der Waals surface area contributed by atoms with Crippen molar-refractivity contribution in [2.45, 2.75) is 38.5 Å². The van der Waals surface area contributed by atoms with Crippen molar-refractivity contribution in [2.75, 3.05) is 5.73 Å². The molecule has 5 rings (SSSR count). The van der Waals surface area contributed by atoms with Crippen LogP contribution < -0.4 is 5.73 Å².